The lowest BCUT2D eigenvalue weighted by atomic mass is 10.1. The number of hydrogen-bond acceptors (Lipinski definition) is 3. The zero-order valence-corrected chi connectivity index (χ0v) is 15.0. The number of amides is 1. The number of carbonyl (C=O) groups excluding carboxylic acids is 1. The first kappa shape index (κ1) is 19.4. The summed E-state index contributed by atoms with van der Waals surface area (Å²) in [6.07, 6.45) is -2.16. The number of aromatic nitrogens is 3. The summed E-state index contributed by atoms with van der Waals surface area (Å²) in [5.74, 6) is -1.75. The van der Waals surface area contributed by atoms with E-state index in [0.29, 0.717) is 11.6 Å². The smallest absolute Gasteiger partial charge is 0.417 e. The molecule has 2 N–H and O–H groups in total. The summed E-state index contributed by atoms with van der Waals surface area (Å²) in [6, 6.07) is 9.39. The highest BCUT2D eigenvalue weighted by Crippen LogP contribution is 2.37. The average molecular weight is 416 g/mol. The van der Waals surface area contributed by atoms with E-state index in [1.54, 1.807) is 0 Å². The largest absolute Gasteiger partial charge is 0.429 e. The predicted octanol–water partition coefficient (Wildman–Crippen LogP) is 4.17. The number of para-hydroxylation sites is 1. The summed E-state index contributed by atoms with van der Waals surface area (Å²) >= 11 is 0. The van der Waals surface area contributed by atoms with Gasteiger partial charge in [-0.3, -0.25) is 4.79 Å². The minimum absolute atomic E-state index is 0.0562. The summed E-state index contributed by atoms with van der Waals surface area (Å²) in [5.41, 5.74) is -1.07. The number of alkyl halides is 3. The maximum Gasteiger partial charge on any atom is 0.417 e. The molecule has 0 bridgehead atoms. The molecule has 0 fully saturated rings. The normalized spacial score (nSPS) is 11.6. The number of carbonyl (C=O) groups is 1. The molecule has 0 aliphatic rings. The first-order chi connectivity index (χ1) is 14.2. The van der Waals surface area contributed by atoms with Crippen molar-refractivity contribution in [2.24, 2.45) is 4.99 Å². The van der Waals surface area contributed by atoms with Gasteiger partial charge in [0.1, 0.15) is 17.2 Å². The van der Waals surface area contributed by atoms with E-state index in [0.717, 1.165) is 16.9 Å². The summed E-state index contributed by atoms with van der Waals surface area (Å²) < 4.78 is 54.5. The van der Waals surface area contributed by atoms with Gasteiger partial charge in [-0.25, -0.2) is 19.1 Å². The van der Waals surface area contributed by atoms with Crippen LogP contribution in [0.15, 0.2) is 65.9 Å². The molecule has 10 heteroatoms. The highest BCUT2D eigenvalue weighted by atomic mass is 19.4. The summed E-state index contributed by atoms with van der Waals surface area (Å²) in [7, 11) is 0. The van der Waals surface area contributed by atoms with Gasteiger partial charge in [0.15, 0.2) is 0 Å². The molecule has 4 rings (SSSR count). The third kappa shape index (κ3) is 3.66. The number of nitrogens with one attached hydrogen (secondary N) is 1. The lowest BCUT2D eigenvalue weighted by molar-refractivity contribution is -0.137. The van der Waals surface area contributed by atoms with Gasteiger partial charge in [-0.1, -0.05) is 6.07 Å². The molecule has 2 aromatic carbocycles. The van der Waals surface area contributed by atoms with E-state index >= 15 is 0 Å². The number of hydrogen-bond donors (Lipinski definition) is 2. The minimum Gasteiger partial charge on any atom is -0.429 e. The molecule has 2 heterocycles. The van der Waals surface area contributed by atoms with E-state index in [-0.39, 0.29) is 22.3 Å². The second-order valence-corrected chi connectivity index (χ2v) is 6.33. The van der Waals surface area contributed by atoms with E-state index in [4.69, 9.17) is 0 Å². The Kier molecular flexibility index (Phi) is 4.61. The van der Waals surface area contributed by atoms with Crippen LogP contribution in [-0.2, 0) is 6.18 Å². The summed E-state index contributed by atoms with van der Waals surface area (Å²) in [4.78, 5) is 23.4. The van der Waals surface area contributed by atoms with Crippen LogP contribution in [0.4, 0.5) is 17.6 Å². The fourth-order valence-electron chi connectivity index (χ4n) is 2.95. The third-order valence-corrected chi connectivity index (χ3v) is 4.31. The number of fused-ring (bicyclic) bond motifs is 1. The van der Waals surface area contributed by atoms with Crippen LogP contribution in [0.1, 0.15) is 15.9 Å². The van der Waals surface area contributed by atoms with Crippen LogP contribution < -0.4 is 5.36 Å². The number of imidazole rings is 1. The van der Waals surface area contributed by atoms with Crippen molar-refractivity contribution >= 4 is 16.9 Å². The first-order valence-corrected chi connectivity index (χ1v) is 8.55. The van der Waals surface area contributed by atoms with Crippen LogP contribution in [0, 0.1) is 5.82 Å². The number of rotatable bonds is 2. The number of halogens is 4. The quantitative estimate of drug-likeness (QED) is 0.380. The molecule has 0 radical (unpaired) electrons. The van der Waals surface area contributed by atoms with Crippen molar-refractivity contribution < 1.29 is 27.6 Å². The van der Waals surface area contributed by atoms with Crippen molar-refractivity contribution in [1.82, 2.24) is 14.7 Å². The van der Waals surface area contributed by atoms with Gasteiger partial charge < -0.3 is 10.2 Å². The minimum atomic E-state index is -4.72. The molecule has 2 aromatic heterocycles. The third-order valence-electron chi connectivity index (χ3n) is 4.31. The maximum absolute atomic E-state index is 13.7. The van der Waals surface area contributed by atoms with Crippen molar-refractivity contribution in [3.63, 3.8) is 0 Å². The molecule has 0 atom stereocenters. The summed E-state index contributed by atoms with van der Waals surface area (Å²) in [5, 5.41) is 9.49. The average Bonchev–Trinajstić information content (AvgIpc) is 3.13. The number of aromatic amines is 1. The predicted molar refractivity (Wildman–Crippen MR) is 98.0 cm³/mol. The van der Waals surface area contributed by atoms with E-state index in [1.165, 1.54) is 42.7 Å². The molecule has 0 saturated heterocycles. The van der Waals surface area contributed by atoms with Crippen LogP contribution >= 0.6 is 0 Å². The highest BCUT2D eigenvalue weighted by Gasteiger charge is 2.34. The first-order valence-electron chi connectivity index (χ1n) is 8.55. The van der Waals surface area contributed by atoms with Crippen LogP contribution in [0.2, 0.25) is 0 Å². The molecule has 0 aliphatic carbocycles. The fourth-order valence-corrected chi connectivity index (χ4v) is 2.95. The summed E-state index contributed by atoms with van der Waals surface area (Å²) in [6.45, 7) is 0. The van der Waals surface area contributed by atoms with E-state index in [1.807, 2.05) is 0 Å². The van der Waals surface area contributed by atoms with Gasteiger partial charge in [-0.15, -0.1) is 0 Å². The molecule has 152 valence electrons. The van der Waals surface area contributed by atoms with E-state index in [9.17, 15) is 27.6 Å². The Labute approximate surface area is 165 Å². The molecular weight excluding hydrogens is 404 g/mol. The van der Waals surface area contributed by atoms with Crippen molar-refractivity contribution in [3.8, 4) is 11.4 Å². The molecule has 0 saturated carbocycles. The maximum atomic E-state index is 13.7. The van der Waals surface area contributed by atoms with Gasteiger partial charge in [0.2, 0.25) is 0 Å². The number of H-pyrrole nitrogens is 1. The molecule has 1 amide bonds. The molecule has 4 aromatic rings. The van der Waals surface area contributed by atoms with Gasteiger partial charge in [0.25, 0.3) is 5.91 Å². The number of pyridine rings is 1. The van der Waals surface area contributed by atoms with Crippen molar-refractivity contribution in [3.05, 3.63) is 83.2 Å². The lowest BCUT2D eigenvalue weighted by Gasteiger charge is -2.11. The van der Waals surface area contributed by atoms with E-state index < -0.39 is 29.0 Å². The molecular formula is C20H12F4N4O2. The Morgan fingerprint density at radius 3 is 2.53 bits per heavy atom. The zero-order valence-electron chi connectivity index (χ0n) is 15.0. The van der Waals surface area contributed by atoms with Gasteiger partial charge in [0.05, 0.1) is 22.0 Å². The standard InChI is InChI=1S/C20H12F4N4O2/c21-11-4-5-15(20(22,23)24)14(10-11)18-26-16-3-1-2-13(17(16)27-18)19(29)25-12-6-8-28(30)9-7-12/h1-10,30H,(H,26,27). The second kappa shape index (κ2) is 7.14. The second-order valence-electron chi connectivity index (χ2n) is 6.33. The van der Waals surface area contributed by atoms with Gasteiger partial charge >= 0.3 is 6.18 Å². The zero-order chi connectivity index (χ0) is 21.5. The molecule has 0 unspecified atom stereocenters. The molecule has 30 heavy (non-hydrogen) atoms. The molecule has 0 aliphatic heterocycles. The lowest BCUT2D eigenvalue weighted by Crippen LogP contribution is -2.08. The fraction of sp³-hybridized carbons (Fsp3) is 0.0500. The Bertz CT molecular complexity index is 1320. The van der Waals surface area contributed by atoms with Crippen molar-refractivity contribution in [2.45, 2.75) is 6.18 Å². The van der Waals surface area contributed by atoms with Crippen molar-refractivity contribution in [1.29, 1.82) is 0 Å². The van der Waals surface area contributed by atoms with Gasteiger partial charge in [-0.05, 0) is 42.5 Å². The van der Waals surface area contributed by atoms with E-state index in [2.05, 4.69) is 15.0 Å². The Morgan fingerprint density at radius 1 is 1.10 bits per heavy atom. The molecule has 6 nitrogen and oxygen atoms in total. The van der Waals surface area contributed by atoms with Gasteiger partial charge in [-0.2, -0.15) is 13.2 Å². The topological polar surface area (TPSA) is 83.3 Å². The Hall–Kier alpha value is -3.95. The highest BCUT2D eigenvalue weighted by molar-refractivity contribution is 6.05. The van der Waals surface area contributed by atoms with Crippen LogP contribution in [-0.4, -0.2) is 25.8 Å². The monoisotopic (exact) mass is 416 g/mol. The van der Waals surface area contributed by atoms with Crippen LogP contribution in [0.5, 0.6) is 0 Å². The van der Waals surface area contributed by atoms with Crippen LogP contribution in [0.3, 0.4) is 0 Å². The number of benzene rings is 2. The van der Waals surface area contributed by atoms with Crippen molar-refractivity contribution in [2.75, 3.05) is 0 Å². The van der Waals surface area contributed by atoms with Crippen LogP contribution in [0.25, 0.3) is 22.4 Å². The Balaban J connectivity index is 1.85. The Morgan fingerprint density at radius 2 is 1.83 bits per heavy atom. The number of nitrogens with zero attached hydrogens (tertiary/aromatic N) is 3. The SMILES string of the molecule is O=C(N=c1ccn(O)cc1)c1cccc2[nH]c(-c3cc(F)ccc3C(F)(F)F)nc12. The molecule has 0 spiro atoms. The van der Waals surface area contributed by atoms with Gasteiger partial charge in [0, 0.05) is 18.0 Å².